The number of carbonyl (C=O) groups is 2. The Balaban J connectivity index is 1.83. The molecule has 8 nitrogen and oxygen atoms in total. The fourth-order valence-corrected chi connectivity index (χ4v) is 3.14. The van der Waals surface area contributed by atoms with Crippen molar-refractivity contribution in [2.45, 2.75) is 65.8 Å². The lowest BCUT2D eigenvalue weighted by atomic mass is 10.0. The summed E-state index contributed by atoms with van der Waals surface area (Å²) >= 11 is 0. The predicted octanol–water partition coefficient (Wildman–Crippen LogP) is 4.07. The zero-order chi connectivity index (χ0) is 22.8. The lowest BCUT2D eigenvalue weighted by molar-refractivity contribution is -0.121. The van der Waals surface area contributed by atoms with E-state index in [4.69, 9.17) is 9.26 Å². The van der Waals surface area contributed by atoms with Crippen LogP contribution in [0.3, 0.4) is 0 Å². The Kier molecular flexibility index (Phi) is 9.49. The molecule has 1 aromatic heterocycles. The zero-order valence-electron chi connectivity index (χ0n) is 19.1. The van der Waals surface area contributed by atoms with E-state index in [9.17, 15) is 9.59 Å². The normalized spacial score (nSPS) is 12.1. The number of rotatable bonds is 11. The number of nitrogens with zero attached hydrogens (tertiary/aromatic N) is 2. The van der Waals surface area contributed by atoms with Gasteiger partial charge < -0.3 is 19.9 Å². The third-order valence-electron chi connectivity index (χ3n) is 4.77. The van der Waals surface area contributed by atoms with Gasteiger partial charge in [-0.3, -0.25) is 4.79 Å². The molecule has 0 aliphatic carbocycles. The Hall–Kier alpha value is -2.90. The van der Waals surface area contributed by atoms with Gasteiger partial charge in [0.15, 0.2) is 0 Å². The second-order valence-corrected chi connectivity index (χ2v) is 8.28. The van der Waals surface area contributed by atoms with Crippen LogP contribution in [0.5, 0.6) is 0 Å². The van der Waals surface area contributed by atoms with Gasteiger partial charge in [0.25, 0.3) is 0 Å². The molecule has 1 heterocycles. The number of hydrogen-bond donors (Lipinski definition) is 2. The summed E-state index contributed by atoms with van der Waals surface area (Å²) in [7, 11) is 0. The summed E-state index contributed by atoms with van der Waals surface area (Å²) in [6.07, 6.45) is 0.842. The molecule has 0 radical (unpaired) electrons. The van der Waals surface area contributed by atoms with Crippen molar-refractivity contribution in [3.8, 4) is 11.4 Å². The summed E-state index contributed by atoms with van der Waals surface area (Å²) in [5, 5.41) is 9.67. The van der Waals surface area contributed by atoms with Gasteiger partial charge in [0.2, 0.25) is 17.6 Å². The van der Waals surface area contributed by atoms with E-state index >= 15 is 0 Å². The number of nitrogens with one attached hydrogen (secondary N) is 2. The fourth-order valence-electron chi connectivity index (χ4n) is 3.14. The van der Waals surface area contributed by atoms with Gasteiger partial charge in [-0.2, -0.15) is 4.98 Å². The molecule has 31 heavy (non-hydrogen) atoms. The van der Waals surface area contributed by atoms with Gasteiger partial charge in [0.1, 0.15) is 0 Å². The molecular formula is C23H34N4O4. The highest BCUT2D eigenvalue weighted by atomic mass is 16.5. The molecule has 8 heteroatoms. The highest BCUT2D eigenvalue weighted by molar-refractivity contribution is 5.76. The molecule has 170 valence electrons. The SMILES string of the molecule is CCOC(=O)NC(CNC(=O)CCc1nc(-c2ccc(C(C)C)cc2)no1)CC(C)C. The average Bonchev–Trinajstić information content (AvgIpc) is 3.19. The molecule has 2 rings (SSSR count). The Morgan fingerprint density at radius 3 is 2.45 bits per heavy atom. The van der Waals surface area contributed by atoms with Crippen molar-refractivity contribution in [3.05, 3.63) is 35.7 Å². The van der Waals surface area contributed by atoms with Gasteiger partial charge in [-0.15, -0.1) is 0 Å². The van der Waals surface area contributed by atoms with Gasteiger partial charge in [0.05, 0.1) is 6.61 Å². The molecule has 1 atom stereocenters. The van der Waals surface area contributed by atoms with Crippen LogP contribution in [0.25, 0.3) is 11.4 Å². The van der Waals surface area contributed by atoms with Crippen LogP contribution in [0, 0.1) is 5.92 Å². The minimum Gasteiger partial charge on any atom is -0.450 e. The van der Waals surface area contributed by atoms with Crippen molar-refractivity contribution in [3.63, 3.8) is 0 Å². The molecule has 0 aliphatic rings. The number of aryl methyl sites for hydroxylation is 1. The van der Waals surface area contributed by atoms with E-state index in [0.29, 0.717) is 43.1 Å². The second-order valence-electron chi connectivity index (χ2n) is 8.28. The van der Waals surface area contributed by atoms with E-state index in [1.54, 1.807) is 6.92 Å². The van der Waals surface area contributed by atoms with Crippen molar-refractivity contribution in [2.75, 3.05) is 13.2 Å². The summed E-state index contributed by atoms with van der Waals surface area (Å²) in [5.74, 6) is 1.62. The molecule has 0 spiro atoms. The van der Waals surface area contributed by atoms with Crippen LogP contribution >= 0.6 is 0 Å². The van der Waals surface area contributed by atoms with Crippen molar-refractivity contribution in [1.29, 1.82) is 0 Å². The summed E-state index contributed by atoms with van der Waals surface area (Å²) in [6, 6.07) is 7.87. The van der Waals surface area contributed by atoms with Crippen molar-refractivity contribution < 1.29 is 18.8 Å². The third-order valence-corrected chi connectivity index (χ3v) is 4.77. The van der Waals surface area contributed by atoms with Crippen LogP contribution in [0.2, 0.25) is 0 Å². The lowest BCUT2D eigenvalue weighted by Gasteiger charge is -2.20. The van der Waals surface area contributed by atoms with E-state index in [2.05, 4.69) is 60.6 Å². The topological polar surface area (TPSA) is 106 Å². The van der Waals surface area contributed by atoms with Crippen LogP contribution in [0.15, 0.2) is 28.8 Å². The summed E-state index contributed by atoms with van der Waals surface area (Å²) < 4.78 is 10.2. The number of ether oxygens (including phenoxy) is 1. The first-order valence-electron chi connectivity index (χ1n) is 10.9. The Morgan fingerprint density at radius 2 is 1.84 bits per heavy atom. The molecule has 0 saturated heterocycles. The Labute approximate surface area is 184 Å². The quantitative estimate of drug-likeness (QED) is 0.557. The number of carbonyl (C=O) groups excluding carboxylic acids is 2. The smallest absolute Gasteiger partial charge is 0.407 e. The van der Waals surface area contributed by atoms with Gasteiger partial charge in [-0.1, -0.05) is 57.1 Å². The number of benzene rings is 1. The van der Waals surface area contributed by atoms with Crippen molar-refractivity contribution >= 4 is 12.0 Å². The number of amides is 2. The fraction of sp³-hybridized carbons (Fsp3) is 0.565. The van der Waals surface area contributed by atoms with Crippen LogP contribution in [0.4, 0.5) is 4.79 Å². The van der Waals surface area contributed by atoms with Crippen LogP contribution < -0.4 is 10.6 Å². The molecule has 1 unspecified atom stereocenters. The number of hydrogen-bond acceptors (Lipinski definition) is 6. The first-order valence-corrected chi connectivity index (χ1v) is 10.9. The van der Waals surface area contributed by atoms with Crippen molar-refractivity contribution in [1.82, 2.24) is 20.8 Å². The van der Waals surface area contributed by atoms with Crippen LogP contribution in [-0.4, -0.2) is 41.3 Å². The average molecular weight is 431 g/mol. The number of aromatic nitrogens is 2. The maximum absolute atomic E-state index is 12.3. The highest BCUT2D eigenvalue weighted by Crippen LogP contribution is 2.20. The van der Waals surface area contributed by atoms with Gasteiger partial charge in [-0.05, 0) is 30.7 Å². The van der Waals surface area contributed by atoms with Crippen LogP contribution in [0.1, 0.15) is 64.8 Å². The van der Waals surface area contributed by atoms with Crippen molar-refractivity contribution in [2.24, 2.45) is 5.92 Å². The first-order chi connectivity index (χ1) is 14.8. The summed E-state index contributed by atoms with van der Waals surface area (Å²) in [6.45, 7) is 10.8. The summed E-state index contributed by atoms with van der Waals surface area (Å²) in [4.78, 5) is 28.3. The van der Waals surface area contributed by atoms with E-state index < -0.39 is 6.09 Å². The van der Waals surface area contributed by atoms with Gasteiger partial charge in [0, 0.05) is 31.0 Å². The minimum absolute atomic E-state index is 0.138. The zero-order valence-corrected chi connectivity index (χ0v) is 19.1. The molecule has 0 bridgehead atoms. The molecule has 0 aliphatic heterocycles. The molecule has 0 fully saturated rings. The predicted molar refractivity (Wildman–Crippen MR) is 119 cm³/mol. The Morgan fingerprint density at radius 1 is 1.13 bits per heavy atom. The molecule has 2 aromatic rings. The van der Waals surface area contributed by atoms with E-state index in [1.807, 2.05) is 12.1 Å². The molecular weight excluding hydrogens is 396 g/mol. The maximum atomic E-state index is 12.3. The largest absolute Gasteiger partial charge is 0.450 e. The number of alkyl carbamates (subject to hydrolysis) is 1. The Bertz CT molecular complexity index is 830. The standard InChI is InChI=1S/C23H34N4O4/c1-6-30-23(29)25-19(13-15(2)3)14-24-20(28)11-12-21-26-22(27-31-21)18-9-7-17(8-10-18)16(4)5/h7-10,15-16,19H,6,11-14H2,1-5H3,(H,24,28)(H,25,29). The molecule has 2 amide bonds. The van der Waals surface area contributed by atoms with E-state index in [-0.39, 0.29) is 18.4 Å². The van der Waals surface area contributed by atoms with Gasteiger partial charge in [-0.25, -0.2) is 4.79 Å². The van der Waals surface area contributed by atoms with E-state index in [0.717, 1.165) is 12.0 Å². The third kappa shape index (κ3) is 8.39. The molecule has 0 saturated carbocycles. The molecule has 2 N–H and O–H groups in total. The first kappa shape index (κ1) is 24.4. The summed E-state index contributed by atoms with van der Waals surface area (Å²) in [5.41, 5.74) is 2.13. The van der Waals surface area contributed by atoms with Crippen LogP contribution in [-0.2, 0) is 16.0 Å². The minimum atomic E-state index is -0.470. The van der Waals surface area contributed by atoms with E-state index in [1.165, 1.54) is 5.56 Å². The monoisotopic (exact) mass is 430 g/mol. The maximum Gasteiger partial charge on any atom is 0.407 e. The molecule has 1 aromatic carbocycles. The van der Waals surface area contributed by atoms with Gasteiger partial charge >= 0.3 is 6.09 Å². The highest BCUT2D eigenvalue weighted by Gasteiger charge is 2.16. The lowest BCUT2D eigenvalue weighted by Crippen LogP contribution is -2.44. The second kappa shape index (κ2) is 12.1.